The molecule has 0 atom stereocenters. The van der Waals surface area contributed by atoms with Crippen molar-refractivity contribution in [2.45, 2.75) is 24.7 Å². The zero-order chi connectivity index (χ0) is 21.3. The molecule has 3 aromatic rings. The predicted octanol–water partition coefficient (Wildman–Crippen LogP) is 4.70. The first kappa shape index (κ1) is 22.6. The molecule has 0 bridgehead atoms. The summed E-state index contributed by atoms with van der Waals surface area (Å²) < 4.78 is 7.15. The highest BCUT2D eigenvalue weighted by molar-refractivity contribution is 7.99. The fourth-order valence-electron chi connectivity index (χ4n) is 2.79. The average molecular weight is 465 g/mol. The number of nitrogens with one attached hydrogen (secondary N) is 1. The van der Waals surface area contributed by atoms with Crippen molar-refractivity contribution in [1.82, 2.24) is 20.1 Å². The number of ether oxygens (including phenoxy) is 1. The van der Waals surface area contributed by atoms with Crippen LogP contribution in [0.3, 0.4) is 0 Å². The quantitative estimate of drug-likeness (QED) is 0.347. The molecule has 1 amide bonds. The third-order valence-electron chi connectivity index (χ3n) is 4.30. The molecule has 3 rings (SSSR count). The van der Waals surface area contributed by atoms with Crippen molar-refractivity contribution in [2.75, 3.05) is 19.5 Å². The summed E-state index contributed by atoms with van der Waals surface area (Å²) in [4.78, 5) is 12.3. The maximum atomic E-state index is 12.3. The van der Waals surface area contributed by atoms with Crippen molar-refractivity contribution in [2.24, 2.45) is 0 Å². The molecule has 0 aliphatic carbocycles. The molecule has 0 saturated heterocycles. The van der Waals surface area contributed by atoms with Crippen molar-refractivity contribution in [3.8, 4) is 11.4 Å². The van der Waals surface area contributed by atoms with Gasteiger partial charge in [0.05, 0.1) is 10.8 Å². The predicted molar refractivity (Wildman–Crippen MR) is 121 cm³/mol. The van der Waals surface area contributed by atoms with Crippen LogP contribution in [0.2, 0.25) is 10.0 Å². The van der Waals surface area contributed by atoms with Crippen molar-refractivity contribution in [3.05, 3.63) is 64.1 Å². The van der Waals surface area contributed by atoms with Gasteiger partial charge in [-0.1, -0.05) is 59.2 Å². The second-order valence-corrected chi connectivity index (χ2v) is 8.26. The number of carbonyl (C=O) groups excluding carboxylic acids is 1. The minimum atomic E-state index is -0.0827. The molecule has 6 nitrogen and oxygen atoms in total. The van der Waals surface area contributed by atoms with E-state index in [2.05, 4.69) is 15.5 Å². The van der Waals surface area contributed by atoms with Crippen LogP contribution in [-0.2, 0) is 22.6 Å². The lowest BCUT2D eigenvalue weighted by Crippen LogP contribution is -2.24. The molecule has 0 spiro atoms. The van der Waals surface area contributed by atoms with Crippen molar-refractivity contribution in [1.29, 1.82) is 0 Å². The van der Waals surface area contributed by atoms with Gasteiger partial charge in [-0.3, -0.25) is 4.79 Å². The second-order valence-electron chi connectivity index (χ2n) is 6.48. The van der Waals surface area contributed by atoms with Gasteiger partial charge in [0, 0.05) is 37.4 Å². The Kier molecular flexibility index (Phi) is 8.57. The Morgan fingerprint density at radius 1 is 1.13 bits per heavy atom. The largest absolute Gasteiger partial charge is 0.385 e. The number of rotatable bonds is 10. The molecule has 0 fully saturated rings. The maximum absolute atomic E-state index is 12.3. The number of methoxy groups -OCH3 is 1. The first-order chi connectivity index (χ1) is 14.6. The van der Waals surface area contributed by atoms with Gasteiger partial charge in [-0.05, 0) is 36.2 Å². The molecule has 0 aliphatic rings. The number of thioether (sulfide) groups is 1. The van der Waals surface area contributed by atoms with Gasteiger partial charge in [-0.15, -0.1) is 10.2 Å². The van der Waals surface area contributed by atoms with Crippen LogP contribution >= 0.6 is 35.0 Å². The summed E-state index contributed by atoms with van der Waals surface area (Å²) in [7, 11) is 1.67. The molecule has 1 N–H and O–H groups in total. The zero-order valence-corrected chi connectivity index (χ0v) is 18.8. The summed E-state index contributed by atoms with van der Waals surface area (Å²) >= 11 is 13.6. The van der Waals surface area contributed by atoms with Gasteiger partial charge in [-0.2, -0.15) is 0 Å². The standard InChI is InChI=1S/C21H22Cl2N4O2S/c1-29-12-4-11-27-20(17-5-2-3-6-18(17)23)25-26-21(27)30-14-19(28)24-13-15-7-9-16(22)10-8-15/h2-3,5-10H,4,11-14H2,1H3,(H,24,28). The molecular weight excluding hydrogens is 443 g/mol. The lowest BCUT2D eigenvalue weighted by atomic mass is 10.2. The maximum Gasteiger partial charge on any atom is 0.230 e. The summed E-state index contributed by atoms with van der Waals surface area (Å²) in [6, 6.07) is 14.9. The summed E-state index contributed by atoms with van der Waals surface area (Å²) in [5, 5.41) is 13.5. The lowest BCUT2D eigenvalue weighted by Gasteiger charge is -2.11. The number of benzene rings is 2. The van der Waals surface area contributed by atoms with E-state index in [4.69, 9.17) is 27.9 Å². The molecule has 0 radical (unpaired) electrons. The van der Waals surface area contributed by atoms with E-state index in [0.29, 0.717) is 40.7 Å². The number of amides is 1. The lowest BCUT2D eigenvalue weighted by molar-refractivity contribution is -0.118. The Morgan fingerprint density at radius 2 is 1.90 bits per heavy atom. The number of nitrogens with zero attached hydrogens (tertiary/aromatic N) is 3. The third-order valence-corrected chi connectivity index (χ3v) is 5.85. The molecule has 2 aromatic carbocycles. The van der Waals surface area contributed by atoms with Crippen LogP contribution in [0.5, 0.6) is 0 Å². The fourth-order valence-corrected chi connectivity index (χ4v) is 3.93. The average Bonchev–Trinajstić information content (AvgIpc) is 3.15. The third kappa shape index (κ3) is 6.22. The molecule has 158 valence electrons. The van der Waals surface area contributed by atoms with E-state index in [1.54, 1.807) is 19.2 Å². The van der Waals surface area contributed by atoms with E-state index in [9.17, 15) is 4.79 Å². The first-order valence-electron chi connectivity index (χ1n) is 9.39. The van der Waals surface area contributed by atoms with E-state index >= 15 is 0 Å². The molecule has 30 heavy (non-hydrogen) atoms. The van der Waals surface area contributed by atoms with Gasteiger partial charge in [0.2, 0.25) is 5.91 Å². The number of hydrogen-bond donors (Lipinski definition) is 1. The van der Waals surface area contributed by atoms with Gasteiger partial charge in [0.25, 0.3) is 0 Å². The Morgan fingerprint density at radius 3 is 2.63 bits per heavy atom. The van der Waals surface area contributed by atoms with Gasteiger partial charge in [0.1, 0.15) is 0 Å². The molecule has 0 saturated carbocycles. The number of carbonyl (C=O) groups is 1. The van der Waals surface area contributed by atoms with E-state index in [-0.39, 0.29) is 11.7 Å². The van der Waals surface area contributed by atoms with Gasteiger partial charge in [0.15, 0.2) is 11.0 Å². The van der Waals surface area contributed by atoms with Crippen LogP contribution in [0.4, 0.5) is 0 Å². The summed E-state index contributed by atoms with van der Waals surface area (Å²) in [5.41, 5.74) is 1.80. The minimum Gasteiger partial charge on any atom is -0.385 e. The van der Waals surface area contributed by atoms with Crippen LogP contribution < -0.4 is 5.32 Å². The summed E-state index contributed by atoms with van der Waals surface area (Å²) in [6.07, 6.45) is 0.794. The van der Waals surface area contributed by atoms with Crippen molar-refractivity contribution in [3.63, 3.8) is 0 Å². The molecule has 1 heterocycles. The van der Waals surface area contributed by atoms with E-state index in [0.717, 1.165) is 17.5 Å². The Balaban J connectivity index is 1.66. The Hall–Kier alpha value is -2.06. The summed E-state index contributed by atoms with van der Waals surface area (Å²) in [5.74, 6) is 0.833. The highest BCUT2D eigenvalue weighted by atomic mass is 35.5. The van der Waals surface area contributed by atoms with E-state index in [1.807, 2.05) is 41.0 Å². The van der Waals surface area contributed by atoms with Crippen molar-refractivity contribution < 1.29 is 9.53 Å². The minimum absolute atomic E-state index is 0.0827. The monoisotopic (exact) mass is 464 g/mol. The molecule has 9 heteroatoms. The van der Waals surface area contributed by atoms with Gasteiger partial charge in [-0.25, -0.2) is 0 Å². The number of aromatic nitrogens is 3. The summed E-state index contributed by atoms with van der Waals surface area (Å²) in [6.45, 7) is 1.73. The molecular formula is C21H22Cl2N4O2S. The fraction of sp³-hybridized carbons (Fsp3) is 0.286. The van der Waals surface area contributed by atoms with Crippen LogP contribution in [0.15, 0.2) is 53.7 Å². The molecule has 1 aromatic heterocycles. The van der Waals surface area contributed by atoms with Crippen LogP contribution in [-0.4, -0.2) is 40.1 Å². The number of halogens is 2. The van der Waals surface area contributed by atoms with Crippen LogP contribution in [0.25, 0.3) is 11.4 Å². The number of hydrogen-bond acceptors (Lipinski definition) is 5. The van der Waals surface area contributed by atoms with Crippen LogP contribution in [0, 0.1) is 0 Å². The smallest absolute Gasteiger partial charge is 0.230 e. The topological polar surface area (TPSA) is 69.0 Å². The first-order valence-corrected chi connectivity index (χ1v) is 11.1. The zero-order valence-electron chi connectivity index (χ0n) is 16.5. The van der Waals surface area contributed by atoms with Gasteiger partial charge < -0.3 is 14.6 Å². The Bertz CT molecular complexity index is 979. The highest BCUT2D eigenvalue weighted by Gasteiger charge is 2.17. The van der Waals surface area contributed by atoms with Crippen molar-refractivity contribution >= 4 is 40.9 Å². The highest BCUT2D eigenvalue weighted by Crippen LogP contribution is 2.29. The van der Waals surface area contributed by atoms with Gasteiger partial charge >= 0.3 is 0 Å². The normalized spacial score (nSPS) is 10.9. The van der Waals surface area contributed by atoms with E-state index < -0.39 is 0 Å². The second kappa shape index (κ2) is 11.4. The molecule has 0 unspecified atom stereocenters. The van der Waals surface area contributed by atoms with Crippen LogP contribution in [0.1, 0.15) is 12.0 Å². The SMILES string of the molecule is COCCCn1c(SCC(=O)NCc2ccc(Cl)cc2)nnc1-c1ccccc1Cl. The van der Waals surface area contributed by atoms with E-state index in [1.165, 1.54) is 11.8 Å². The molecule has 0 aliphatic heterocycles. The Labute approximate surface area is 189 Å².